The molecule has 1 heteroatoms. The number of hydrogen-bond donors (Lipinski definition) is 1. The highest BCUT2D eigenvalue weighted by atomic mass is 16.3. The summed E-state index contributed by atoms with van der Waals surface area (Å²) in [6.45, 7) is 4.39. The molecule has 1 aliphatic rings. The zero-order chi connectivity index (χ0) is 8.97. The molecule has 0 bridgehead atoms. The summed E-state index contributed by atoms with van der Waals surface area (Å²) in [4.78, 5) is 0. The van der Waals surface area contributed by atoms with Crippen LogP contribution in [0.15, 0.2) is 12.2 Å². The summed E-state index contributed by atoms with van der Waals surface area (Å²) in [5.41, 5.74) is 0. The highest BCUT2D eigenvalue weighted by Gasteiger charge is 2.30. The van der Waals surface area contributed by atoms with Crippen molar-refractivity contribution < 1.29 is 5.11 Å². The lowest BCUT2D eigenvalue weighted by Crippen LogP contribution is -2.16. The number of aliphatic hydroxyl groups excluding tert-OH is 1. The van der Waals surface area contributed by atoms with Gasteiger partial charge in [-0.05, 0) is 37.5 Å². The van der Waals surface area contributed by atoms with Gasteiger partial charge in [0.1, 0.15) is 0 Å². The molecule has 0 spiro atoms. The van der Waals surface area contributed by atoms with Crippen molar-refractivity contribution in [1.82, 2.24) is 0 Å². The summed E-state index contributed by atoms with van der Waals surface area (Å²) in [6.07, 6.45) is 8.75. The van der Waals surface area contributed by atoms with Crippen LogP contribution >= 0.6 is 0 Å². The summed E-state index contributed by atoms with van der Waals surface area (Å²) < 4.78 is 0. The largest absolute Gasteiger partial charge is 0.393 e. The Morgan fingerprint density at radius 1 is 1.33 bits per heavy atom. The van der Waals surface area contributed by atoms with Gasteiger partial charge in [0.15, 0.2) is 0 Å². The standard InChI is InChI=1S/C11H20O/c1-3-4-5-6-10-9(2)7-8-11(10)12/h4-5,9-12H,3,6-8H2,1-2H3/b5-4-. The van der Waals surface area contributed by atoms with Crippen LogP contribution in [0.25, 0.3) is 0 Å². The summed E-state index contributed by atoms with van der Waals surface area (Å²) in [5, 5.41) is 9.62. The fraction of sp³-hybridized carbons (Fsp3) is 0.818. The minimum Gasteiger partial charge on any atom is -0.393 e. The summed E-state index contributed by atoms with van der Waals surface area (Å²) in [6, 6.07) is 0. The lowest BCUT2D eigenvalue weighted by atomic mass is 9.93. The van der Waals surface area contributed by atoms with Crippen molar-refractivity contribution in [2.24, 2.45) is 11.8 Å². The molecule has 0 aromatic heterocycles. The lowest BCUT2D eigenvalue weighted by molar-refractivity contribution is 0.121. The minimum absolute atomic E-state index is 0.0403. The van der Waals surface area contributed by atoms with Crippen molar-refractivity contribution in [3.63, 3.8) is 0 Å². The summed E-state index contributed by atoms with van der Waals surface area (Å²) >= 11 is 0. The number of aliphatic hydroxyl groups is 1. The maximum absolute atomic E-state index is 9.62. The Labute approximate surface area is 75.5 Å². The van der Waals surface area contributed by atoms with Crippen LogP contribution in [0, 0.1) is 11.8 Å². The minimum atomic E-state index is -0.0403. The molecular weight excluding hydrogens is 148 g/mol. The van der Waals surface area contributed by atoms with Gasteiger partial charge in [0.05, 0.1) is 6.10 Å². The monoisotopic (exact) mass is 168 g/mol. The SMILES string of the molecule is CC/C=C\CC1C(C)CCC1O. The van der Waals surface area contributed by atoms with E-state index >= 15 is 0 Å². The second-order valence-corrected chi connectivity index (χ2v) is 3.90. The Balaban J connectivity index is 2.34. The van der Waals surface area contributed by atoms with Crippen LogP contribution in [0.5, 0.6) is 0 Å². The first-order chi connectivity index (χ1) is 5.75. The molecule has 0 aromatic carbocycles. The van der Waals surface area contributed by atoms with Crippen LogP contribution in [0.4, 0.5) is 0 Å². The number of allylic oxidation sites excluding steroid dienone is 2. The lowest BCUT2D eigenvalue weighted by Gasteiger charge is -2.16. The van der Waals surface area contributed by atoms with Crippen molar-refractivity contribution >= 4 is 0 Å². The molecule has 3 atom stereocenters. The van der Waals surface area contributed by atoms with Crippen LogP contribution in [0.3, 0.4) is 0 Å². The fourth-order valence-corrected chi connectivity index (χ4v) is 2.05. The number of hydrogen-bond acceptors (Lipinski definition) is 1. The van der Waals surface area contributed by atoms with E-state index in [1.54, 1.807) is 0 Å². The van der Waals surface area contributed by atoms with Crippen LogP contribution in [-0.4, -0.2) is 11.2 Å². The van der Waals surface area contributed by atoms with Crippen LogP contribution in [-0.2, 0) is 0 Å². The zero-order valence-electron chi connectivity index (χ0n) is 8.16. The fourth-order valence-electron chi connectivity index (χ4n) is 2.05. The molecule has 1 rings (SSSR count). The van der Waals surface area contributed by atoms with Crippen LogP contribution < -0.4 is 0 Å². The predicted octanol–water partition coefficient (Wildman–Crippen LogP) is 2.75. The highest BCUT2D eigenvalue weighted by Crippen LogP contribution is 2.34. The molecular formula is C11H20O. The average Bonchev–Trinajstić information content (AvgIpc) is 2.35. The molecule has 0 aromatic rings. The summed E-state index contributed by atoms with van der Waals surface area (Å²) in [7, 11) is 0. The van der Waals surface area contributed by atoms with E-state index in [0.29, 0.717) is 11.8 Å². The van der Waals surface area contributed by atoms with Crippen molar-refractivity contribution in [2.75, 3.05) is 0 Å². The molecule has 1 aliphatic carbocycles. The van der Waals surface area contributed by atoms with Gasteiger partial charge in [0.25, 0.3) is 0 Å². The summed E-state index contributed by atoms with van der Waals surface area (Å²) in [5.74, 6) is 1.23. The molecule has 0 radical (unpaired) electrons. The molecule has 1 N–H and O–H groups in total. The Morgan fingerprint density at radius 2 is 2.08 bits per heavy atom. The van der Waals surface area contributed by atoms with Gasteiger partial charge in [-0.3, -0.25) is 0 Å². The molecule has 1 fully saturated rings. The van der Waals surface area contributed by atoms with Gasteiger partial charge in [-0.2, -0.15) is 0 Å². The van der Waals surface area contributed by atoms with E-state index in [2.05, 4.69) is 26.0 Å². The molecule has 0 amide bonds. The second-order valence-electron chi connectivity index (χ2n) is 3.90. The van der Waals surface area contributed by atoms with E-state index < -0.39 is 0 Å². The molecule has 12 heavy (non-hydrogen) atoms. The first kappa shape index (κ1) is 9.79. The first-order valence-electron chi connectivity index (χ1n) is 5.08. The van der Waals surface area contributed by atoms with E-state index in [1.807, 2.05) is 0 Å². The van der Waals surface area contributed by atoms with Crippen molar-refractivity contribution in [3.8, 4) is 0 Å². The third-order valence-corrected chi connectivity index (χ3v) is 2.95. The highest BCUT2D eigenvalue weighted by molar-refractivity contribution is 4.90. The molecule has 0 heterocycles. The van der Waals surface area contributed by atoms with Gasteiger partial charge in [-0.1, -0.05) is 26.0 Å². The Morgan fingerprint density at radius 3 is 2.58 bits per heavy atom. The van der Waals surface area contributed by atoms with Crippen molar-refractivity contribution in [1.29, 1.82) is 0 Å². The van der Waals surface area contributed by atoms with Gasteiger partial charge < -0.3 is 5.11 Å². The third kappa shape index (κ3) is 2.34. The Hall–Kier alpha value is -0.300. The van der Waals surface area contributed by atoms with Crippen LogP contribution in [0.2, 0.25) is 0 Å². The smallest absolute Gasteiger partial charge is 0.0574 e. The third-order valence-electron chi connectivity index (χ3n) is 2.95. The van der Waals surface area contributed by atoms with E-state index in [1.165, 1.54) is 6.42 Å². The van der Waals surface area contributed by atoms with E-state index in [4.69, 9.17) is 0 Å². The zero-order valence-corrected chi connectivity index (χ0v) is 8.16. The first-order valence-corrected chi connectivity index (χ1v) is 5.08. The second kappa shape index (κ2) is 4.66. The van der Waals surface area contributed by atoms with Gasteiger partial charge in [0, 0.05) is 0 Å². The molecule has 0 aliphatic heterocycles. The van der Waals surface area contributed by atoms with Gasteiger partial charge >= 0.3 is 0 Å². The molecule has 1 saturated carbocycles. The van der Waals surface area contributed by atoms with Crippen molar-refractivity contribution in [3.05, 3.63) is 12.2 Å². The van der Waals surface area contributed by atoms with Gasteiger partial charge in [-0.15, -0.1) is 0 Å². The molecule has 70 valence electrons. The molecule has 0 saturated heterocycles. The normalized spacial score (nSPS) is 36.4. The quantitative estimate of drug-likeness (QED) is 0.642. The maximum Gasteiger partial charge on any atom is 0.0574 e. The van der Waals surface area contributed by atoms with Crippen LogP contribution in [0.1, 0.15) is 39.5 Å². The van der Waals surface area contributed by atoms with Gasteiger partial charge in [0.2, 0.25) is 0 Å². The van der Waals surface area contributed by atoms with Crippen molar-refractivity contribution in [2.45, 2.75) is 45.6 Å². The topological polar surface area (TPSA) is 20.2 Å². The molecule has 3 unspecified atom stereocenters. The predicted molar refractivity (Wildman–Crippen MR) is 51.9 cm³/mol. The van der Waals surface area contributed by atoms with E-state index in [-0.39, 0.29) is 6.10 Å². The maximum atomic E-state index is 9.62. The van der Waals surface area contributed by atoms with Gasteiger partial charge in [-0.25, -0.2) is 0 Å². The van der Waals surface area contributed by atoms with E-state index in [9.17, 15) is 5.11 Å². The Kier molecular flexibility index (Phi) is 3.80. The van der Waals surface area contributed by atoms with E-state index in [0.717, 1.165) is 19.3 Å². The average molecular weight is 168 g/mol. The molecule has 1 nitrogen and oxygen atoms in total. The number of rotatable bonds is 3. The Bertz CT molecular complexity index is 141.